The fourth-order valence-corrected chi connectivity index (χ4v) is 2.92. The summed E-state index contributed by atoms with van der Waals surface area (Å²) in [6.45, 7) is 7.75. The predicted octanol–water partition coefficient (Wildman–Crippen LogP) is 2.15. The lowest BCUT2D eigenvalue weighted by Gasteiger charge is -2.26. The summed E-state index contributed by atoms with van der Waals surface area (Å²) in [7, 11) is 1.82. The average Bonchev–Trinajstić information content (AvgIpc) is 2.60. The lowest BCUT2D eigenvalue weighted by atomic mass is 10.1. The van der Waals surface area contributed by atoms with E-state index in [-0.39, 0.29) is 5.97 Å². The van der Waals surface area contributed by atoms with Gasteiger partial charge >= 0.3 is 5.97 Å². The molecule has 0 aliphatic carbocycles. The van der Waals surface area contributed by atoms with Gasteiger partial charge in [0.25, 0.3) is 0 Å². The number of carbonyl (C=O) groups is 1. The van der Waals surface area contributed by atoms with E-state index in [0.29, 0.717) is 13.0 Å². The monoisotopic (exact) mass is 340 g/mol. The van der Waals surface area contributed by atoms with Crippen LogP contribution in [0.25, 0.3) is 0 Å². The molecule has 0 unspecified atom stereocenters. The molecule has 1 rings (SSSR count). The third-order valence-corrected chi connectivity index (χ3v) is 4.30. The highest BCUT2D eigenvalue weighted by molar-refractivity contribution is 5.79. The molecule has 0 aromatic heterocycles. The van der Waals surface area contributed by atoms with Crippen molar-refractivity contribution in [2.75, 3.05) is 46.4 Å². The Labute approximate surface area is 147 Å². The predicted molar refractivity (Wildman–Crippen MR) is 99.4 cm³/mol. The number of hydrogen-bond acceptors (Lipinski definition) is 4. The number of nitrogens with zero attached hydrogens (tertiary/aromatic N) is 2. The second kappa shape index (κ2) is 14.1. The Morgan fingerprint density at radius 2 is 1.75 bits per heavy atom. The number of carbonyl (C=O) groups excluding carboxylic acids is 1. The Balaban J connectivity index is 1.95. The van der Waals surface area contributed by atoms with Gasteiger partial charge in [0, 0.05) is 33.1 Å². The van der Waals surface area contributed by atoms with Crippen LogP contribution in [0.3, 0.4) is 0 Å². The van der Waals surface area contributed by atoms with Crippen molar-refractivity contribution in [2.24, 2.45) is 4.99 Å². The molecular weight excluding hydrogens is 304 g/mol. The van der Waals surface area contributed by atoms with Crippen LogP contribution in [0.1, 0.15) is 58.3 Å². The van der Waals surface area contributed by atoms with E-state index in [4.69, 9.17) is 4.74 Å². The molecule has 1 aliphatic rings. The first-order chi connectivity index (χ1) is 11.8. The summed E-state index contributed by atoms with van der Waals surface area (Å²) in [6, 6.07) is 0. The fourth-order valence-electron chi connectivity index (χ4n) is 2.92. The van der Waals surface area contributed by atoms with Gasteiger partial charge in [-0.2, -0.15) is 0 Å². The van der Waals surface area contributed by atoms with Crippen molar-refractivity contribution in [3.63, 3.8) is 0 Å². The van der Waals surface area contributed by atoms with Crippen molar-refractivity contribution in [1.29, 1.82) is 0 Å². The molecule has 1 saturated heterocycles. The third kappa shape index (κ3) is 10.5. The molecule has 6 heteroatoms. The molecule has 0 atom stereocenters. The van der Waals surface area contributed by atoms with E-state index < -0.39 is 0 Å². The Kier molecular flexibility index (Phi) is 12.2. The topological polar surface area (TPSA) is 66.0 Å². The molecule has 6 nitrogen and oxygen atoms in total. The summed E-state index contributed by atoms with van der Waals surface area (Å²) in [5.74, 6) is 0.812. The summed E-state index contributed by atoms with van der Waals surface area (Å²) in [5, 5.41) is 6.74. The highest BCUT2D eigenvalue weighted by Crippen LogP contribution is 2.07. The Hall–Kier alpha value is -1.30. The summed E-state index contributed by atoms with van der Waals surface area (Å²) in [6.07, 6.45) is 8.80. The molecule has 0 aromatic carbocycles. The molecule has 140 valence electrons. The van der Waals surface area contributed by atoms with Gasteiger partial charge in [-0.15, -0.1) is 0 Å². The highest BCUT2D eigenvalue weighted by atomic mass is 16.5. The zero-order valence-electron chi connectivity index (χ0n) is 15.6. The lowest BCUT2D eigenvalue weighted by molar-refractivity contribution is -0.143. The minimum absolute atomic E-state index is 0.0751. The number of hydrogen-bond donors (Lipinski definition) is 2. The number of rotatable bonds is 11. The maximum atomic E-state index is 11.2. The van der Waals surface area contributed by atoms with E-state index in [9.17, 15) is 4.79 Å². The summed E-state index contributed by atoms with van der Waals surface area (Å²) < 4.78 is 4.92. The van der Waals surface area contributed by atoms with E-state index >= 15 is 0 Å². The quantitative estimate of drug-likeness (QED) is 0.261. The molecule has 24 heavy (non-hydrogen) atoms. The first kappa shape index (κ1) is 20.7. The molecule has 1 aliphatic heterocycles. The van der Waals surface area contributed by atoms with Crippen LogP contribution < -0.4 is 10.6 Å². The minimum Gasteiger partial charge on any atom is -0.466 e. The molecule has 0 bridgehead atoms. The summed E-state index contributed by atoms with van der Waals surface area (Å²) >= 11 is 0. The number of nitrogens with one attached hydrogen (secondary N) is 2. The molecule has 1 heterocycles. The maximum absolute atomic E-state index is 11.2. The van der Waals surface area contributed by atoms with E-state index in [2.05, 4.69) is 20.5 Å². The molecule has 0 spiro atoms. The SMILES string of the molecule is CCOC(=O)CCCCCCNC(=NC)NCCN1CCCCC1. The van der Waals surface area contributed by atoms with Crippen molar-refractivity contribution in [3.05, 3.63) is 0 Å². The maximum Gasteiger partial charge on any atom is 0.305 e. The standard InChI is InChI=1S/C18H36N4O2/c1-3-24-17(23)11-7-4-5-8-12-20-18(19-2)21-13-16-22-14-9-6-10-15-22/h3-16H2,1-2H3,(H2,19,20,21). The van der Waals surface area contributed by atoms with Crippen molar-refractivity contribution in [1.82, 2.24) is 15.5 Å². The smallest absolute Gasteiger partial charge is 0.305 e. The first-order valence-corrected chi connectivity index (χ1v) is 9.58. The van der Waals surface area contributed by atoms with Crippen molar-refractivity contribution in [2.45, 2.75) is 58.3 Å². The van der Waals surface area contributed by atoms with E-state index in [0.717, 1.165) is 51.3 Å². The number of likely N-dealkylation sites (tertiary alicyclic amines) is 1. The van der Waals surface area contributed by atoms with Gasteiger partial charge in [0.15, 0.2) is 5.96 Å². The van der Waals surface area contributed by atoms with Crippen LogP contribution in [-0.4, -0.2) is 63.2 Å². The van der Waals surface area contributed by atoms with Gasteiger partial charge in [-0.05, 0) is 45.7 Å². The van der Waals surface area contributed by atoms with Crippen LogP contribution in [0.2, 0.25) is 0 Å². The second-order valence-corrected chi connectivity index (χ2v) is 6.30. The van der Waals surface area contributed by atoms with Crippen molar-refractivity contribution < 1.29 is 9.53 Å². The molecule has 2 N–H and O–H groups in total. The average molecular weight is 341 g/mol. The van der Waals surface area contributed by atoms with Gasteiger partial charge in [0.05, 0.1) is 6.61 Å². The van der Waals surface area contributed by atoms with Crippen LogP contribution in [0.4, 0.5) is 0 Å². The van der Waals surface area contributed by atoms with E-state index in [1.165, 1.54) is 32.4 Å². The molecule has 0 amide bonds. The molecule has 0 saturated carbocycles. The Morgan fingerprint density at radius 3 is 2.46 bits per heavy atom. The summed E-state index contributed by atoms with van der Waals surface area (Å²) in [5.41, 5.74) is 0. The van der Waals surface area contributed by atoms with E-state index in [1.54, 1.807) is 0 Å². The van der Waals surface area contributed by atoms with Gasteiger partial charge in [-0.25, -0.2) is 0 Å². The Bertz CT molecular complexity index is 355. The highest BCUT2D eigenvalue weighted by Gasteiger charge is 2.09. The van der Waals surface area contributed by atoms with Crippen LogP contribution in [-0.2, 0) is 9.53 Å². The zero-order valence-corrected chi connectivity index (χ0v) is 15.6. The molecule has 0 aromatic rings. The first-order valence-electron chi connectivity index (χ1n) is 9.58. The molecular formula is C18H36N4O2. The van der Waals surface area contributed by atoms with Gasteiger partial charge < -0.3 is 20.3 Å². The second-order valence-electron chi connectivity index (χ2n) is 6.30. The van der Waals surface area contributed by atoms with Crippen LogP contribution in [0.5, 0.6) is 0 Å². The molecule has 1 fully saturated rings. The fraction of sp³-hybridized carbons (Fsp3) is 0.889. The number of piperidine rings is 1. The van der Waals surface area contributed by atoms with Crippen LogP contribution in [0.15, 0.2) is 4.99 Å². The number of ether oxygens (including phenoxy) is 1. The van der Waals surface area contributed by atoms with E-state index in [1.807, 2.05) is 14.0 Å². The Morgan fingerprint density at radius 1 is 1.04 bits per heavy atom. The normalized spacial score (nSPS) is 16.0. The lowest BCUT2D eigenvalue weighted by Crippen LogP contribution is -2.42. The zero-order chi connectivity index (χ0) is 17.5. The molecule has 0 radical (unpaired) electrons. The van der Waals surface area contributed by atoms with Gasteiger partial charge in [0.1, 0.15) is 0 Å². The van der Waals surface area contributed by atoms with Crippen LogP contribution >= 0.6 is 0 Å². The largest absolute Gasteiger partial charge is 0.466 e. The summed E-state index contributed by atoms with van der Waals surface area (Å²) in [4.78, 5) is 18.0. The number of esters is 1. The van der Waals surface area contributed by atoms with Gasteiger partial charge in [-0.1, -0.05) is 19.3 Å². The van der Waals surface area contributed by atoms with Crippen molar-refractivity contribution >= 4 is 11.9 Å². The number of unbranched alkanes of at least 4 members (excludes halogenated alkanes) is 3. The minimum atomic E-state index is -0.0751. The van der Waals surface area contributed by atoms with Crippen LogP contribution in [0, 0.1) is 0 Å². The van der Waals surface area contributed by atoms with Gasteiger partial charge in [-0.3, -0.25) is 9.79 Å². The third-order valence-electron chi connectivity index (χ3n) is 4.30. The number of aliphatic imine (C=N–C) groups is 1. The number of guanidine groups is 1. The van der Waals surface area contributed by atoms with Gasteiger partial charge in [0.2, 0.25) is 0 Å². The van der Waals surface area contributed by atoms with Crippen molar-refractivity contribution in [3.8, 4) is 0 Å².